The number of allylic oxidation sites excluding steroid dienone is 1. The van der Waals surface area contributed by atoms with Gasteiger partial charge >= 0.3 is 7.60 Å². The molecule has 0 aromatic carbocycles. The number of H-pyrrole nitrogens is 1. The fourth-order valence-electron chi connectivity index (χ4n) is 2.80. The van der Waals surface area contributed by atoms with Gasteiger partial charge < -0.3 is 14.8 Å². The molecule has 9 nitrogen and oxygen atoms in total. The van der Waals surface area contributed by atoms with Crippen molar-refractivity contribution in [2.24, 2.45) is 5.92 Å². The Kier molecular flexibility index (Phi) is 5.05. The van der Waals surface area contributed by atoms with Crippen LogP contribution in [0.2, 0.25) is 0 Å². The third kappa shape index (κ3) is 4.23. The molecule has 0 saturated heterocycles. The second-order valence-corrected chi connectivity index (χ2v) is 8.99. The molecule has 26 heavy (non-hydrogen) atoms. The highest BCUT2D eigenvalue weighted by Crippen LogP contribution is 2.57. The number of hydrogen-bond donors (Lipinski definition) is 2. The van der Waals surface area contributed by atoms with Gasteiger partial charge in [0.15, 0.2) is 11.2 Å². The van der Waals surface area contributed by atoms with Gasteiger partial charge in [0.1, 0.15) is 6.33 Å². The summed E-state index contributed by atoms with van der Waals surface area (Å²) in [4.78, 5) is 22.4. The Hall–Kier alpha value is -1.96. The highest BCUT2D eigenvalue weighted by atomic mass is 31.2. The van der Waals surface area contributed by atoms with Gasteiger partial charge in [-0.3, -0.25) is 18.9 Å². The van der Waals surface area contributed by atoms with E-state index in [2.05, 4.69) is 15.0 Å². The maximum atomic E-state index is 13.0. The number of fused-ring (bicyclic) bond motifs is 1. The maximum Gasteiger partial charge on any atom is 0.331 e. The smallest absolute Gasteiger partial charge is 0.331 e. The molecule has 0 aliphatic heterocycles. The first-order valence-corrected chi connectivity index (χ1v) is 10.3. The SMILES string of the molecule is CC(C)OP(=O)(CC1C/C1=C\n1cnc2c(=O)[nH]c(N)nc21)OC(C)C. The zero-order valence-corrected chi connectivity index (χ0v) is 16.2. The molecule has 3 N–H and O–H groups in total. The van der Waals surface area contributed by atoms with Gasteiger partial charge in [-0.15, -0.1) is 0 Å². The number of rotatable bonds is 7. The molecule has 1 aliphatic rings. The molecule has 1 fully saturated rings. The molecule has 1 atom stereocenters. The highest BCUT2D eigenvalue weighted by Gasteiger charge is 2.40. The summed E-state index contributed by atoms with van der Waals surface area (Å²) in [5, 5.41) is 0. The normalized spacial score (nSPS) is 19.2. The number of imidazole rings is 1. The van der Waals surface area contributed by atoms with Crippen LogP contribution in [0.1, 0.15) is 34.1 Å². The lowest BCUT2D eigenvalue weighted by atomic mass is 10.4. The summed E-state index contributed by atoms with van der Waals surface area (Å²) < 4.78 is 25.8. The summed E-state index contributed by atoms with van der Waals surface area (Å²) in [5.41, 5.74) is 6.92. The van der Waals surface area contributed by atoms with Crippen LogP contribution in [0.4, 0.5) is 5.95 Å². The van der Waals surface area contributed by atoms with E-state index in [1.807, 2.05) is 33.9 Å². The molecule has 0 amide bonds. The van der Waals surface area contributed by atoms with Gasteiger partial charge in [0.05, 0.1) is 18.4 Å². The molecule has 0 bridgehead atoms. The third-order valence-corrected chi connectivity index (χ3v) is 6.16. The second-order valence-electron chi connectivity index (χ2n) is 6.98. The van der Waals surface area contributed by atoms with Crippen molar-refractivity contribution in [1.82, 2.24) is 19.5 Å². The molecule has 1 unspecified atom stereocenters. The zero-order chi connectivity index (χ0) is 19.1. The Morgan fingerprint density at radius 3 is 2.65 bits per heavy atom. The standard InChI is InChI=1S/C16H24N5O4P/c1-9(2)24-26(23,25-10(3)4)7-12-5-11(12)6-21-8-18-13-14(21)19-16(17)20-15(13)22/h6,8-10,12H,5,7H2,1-4H3,(H3,17,19,20,22)/b11-6+. The summed E-state index contributed by atoms with van der Waals surface area (Å²) in [5.74, 6) is 0.144. The van der Waals surface area contributed by atoms with Gasteiger partial charge in [-0.25, -0.2) is 4.98 Å². The number of aromatic nitrogens is 4. The van der Waals surface area contributed by atoms with E-state index < -0.39 is 7.60 Å². The summed E-state index contributed by atoms with van der Waals surface area (Å²) in [7, 11) is -3.17. The largest absolute Gasteiger partial charge is 0.369 e. The number of aromatic amines is 1. The molecule has 1 aliphatic carbocycles. The summed E-state index contributed by atoms with van der Waals surface area (Å²) >= 11 is 0. The van der Waals surface area contributed by atoms with Crippen molar-refractivity contribution in [3.8, 4) is 0 Å². The van der Waals surface area contributed by atoms with Crippen LogP contribution in [0.3, 0.4) is 0 Å². The van der Waals surface area contributed by atoms with E-state index in [1.165, 1.54) is 6.33 Å². The van der Waals surface area contributed by atoms with Crippen molar-refractivity contribution in [3.05, 3.63) is 22.3 Å². The van der Waals surface area contributed by atoms with E-state index in [4.69, 9.17) is 14.8 Å². The van der Waals surface area contributed by atoms with E-state index in [0.29, 0.717) is 11.8 Å². The second kappa shape index (κ2) is 6.98. The van der Waals surface area contributed by atoms with E-state index in [1.54, 1.807) is 4.57 Å². The fraction of sp³-hybridized carbons (Fsp3) is 0.562. The summed E-state index contributed by atoms with van der Waals surface area (Å²) in [6.07, 6.45) is 4.12. The maximum absolute atomic E-state index is 13.0. The number of nitrogen functional groups attached to an aromatic ring is 1. The van der Waals surface area contributed by atoms with Gasteiger partial charge in [-0.2, -0.15) is 4.98 Å². The van der Waals surface area contributed by atoms with Crippen LogP contribution in [-0.2, 0) is 13.6 Å². The van der Waals surface area contributed by atoms with Crippen LogP contribution in [0.25, 0.3) is 17.4 Å². The number of nitrogens with one attached hydrogen (secondary N) is 1. The van der Waals surface area contributed by atoms with E-state index in [0.717, 1.165) is 12.0 Å². The topological polar surface area (TPSA) is 125 Å². The molecule has 1 saturated carbocycles. The van der Waals surface area contributed by atoms with E-state index >= 15 is 0 Å². The average Bonchev–Trinajstić information content (AvgIpc) is 3.04. The number of nitrogens with zero attached hydrogens (tertiary/aromatic N) is 3. The van der Waals surface area contributed by atoms with Crippen molar-refractivity contribution in [2.75, 3.05) is 11.9 Å². The first kappa shape index (κ1) is 18.8. The molecular formula is C16H24N5O4P. The third-order valence-electron chi connectivity index (χ3n) is 3.79. The van der Waals surface area contributed by atoms with Crippen LogP contribution in [-0.4, -0.2) is 37.9 Å². The van der Waals surface area contributed by atoms with Crippen molar-refractivity contribution in [1.29, 1.82) is 0 Å². The lowest BCUT2D eigenvalue weighted by Crippen LogP contribution is -2.11. The van der Waals surface area contributed by atoms with Crippen molar-refractivity contribution < 1.29 is 13.6 Å². The Morgan fingerprint density at radius 2 is 2.04 bits per heavy atom. The Bertz CT molecular complexity index is 932. The Labute approximate surface area is 151 Å². The predicted molar refractivity (Wildman–Crippen MR) is 99.9 cm³/mol. The van der Waals surface area contributed by atoms with Crippen molar-refractivity contribution in [3.63, 3.8) is 0 Å². The average molecular weight is 381 g/mol. The first-order valence-electron chi connectivity index (χ1n) is 8.55. The highest BCUT2D eigenvalue weighted by molar-refractivity contribution is 7.53. The fourth-order valence-corrected chi connectivity index (χ4v) is 5.22. The van der Waals surface area contributed by atoms with Crippen LogP contribution in [0.5, 0.6) is 0 Å². The molecule has 3 rings (SSSR count). The number of hydrogen-bond acceptors (Lipinski definition) is 7. The van der Waals surface area contributed by atoms with Gasteiger partial charge in [0.2, 0.25) is 5.95 Å². The molecule has 142 valence electrons. The zero-order valence-electron chi connectivity index (χ0n) is 15.3. The predicted octanol–water partition coefficient (Wildman–Crippen LogP) is 2.61. The van der Waals surface area contributed by atoms with Gasteiger partial charge in [-0.05, 0) is 45.6 Å². The monoisotopic (exact) mass is 381 g/mol. The van der Waals surface area contributed by atoms with Crippen LogP contribution < -0.4 is 11.3 Å². The molecule has 0 radical (unpaired) electrons. The van der Waals surface area contributed by atoms with Crippen LogP contribution in [0.15, 0.2) is 16.7 Å². The van der Waals surface area contributed by atoms with E-state index in [9.17, 15) is 9.36 Å². The minimum Gasteiger partial charge on any atom is -0.369 e. The minimum absolute atomic E-state index is 0.0372. The molecule has 2 aromatic rings. The molecule has 2 aromatic heterocycles. The van der Waals surface area contributed by atoms with Gasteiger partial charge in [-0.1, -0.05) is 0 Å². The first-order chi connectivity index (χ1) is 12.2. The van der Waals surface area contributed by atoms with Gasteiger partial charge in [0, 0.05) is 6.20 Å². The number of nitrogens with two attached hydrogens (primary N) is 1. The van der Waals surface area contributed by atoms with E-state index in [-0.39, 0.29) is 35.2 Å². The van der Waals surface area contributed by atoms with Crippen LogP contribution in [0, 0.1) is 5.92 Å². The van der Waals surface area contributed by atoms with Gasteiger partial charge in [0.25, 0.3) is 5.56 Å². The molecule has 10 heteroatoms. The van der Waals surface area contributed by atoms with Crippen molar-refractivity contribution in [2.45, 2.75) is 46.3 Å². The molecule has 2 heterocycles. The van der Waals surface area contributed by atoms with Crippen molar-refractivity contribution >= 4 is 30.9 Å². The minimum atomic E-state index is -3.17. The number of anilines is 1. The Morgan fingerprint density at radius 1 is 1.38 bits per heavy atom. The lowest BCUT2D eigenvalue weighted by molar-refractivity contribution is 0.142. The molecule has 0 spiro atoms. The summed E-state index contributed by atoms with van der Waals surface area (Å²) in [6.45, 7) is 7.35. The summed E-state index contributed by atoms with van der Waals surface area (Å²) in [6, 6.07) is 0. The van der Waals surface area contributed by atoms with Crippen LogP contribution >= 0.6 is 7.60 Å². The lowest BCUT2D eigenvalue weighted by Gasteiger charge is -2.22. The quantitative estimate of drug-likeness (QED) is 0.706. The Balaban J connectivity index is 1.79. The molecular weight excluding hydrogens is 357 g/mol.